The van der Waals surface area contributed by atoms with Crippen LogP contribution in [0.1, 0.15) is 13.8 Å². The fraction of sp³-hybridized carbons (Fsp3) is 0.250. The molecule has 2 heterocycles. The van der Waals surface area contributed by atoms with Gasteiger partial charge in [-0.25, -0.2) is 4.98 Å². The summed E-state index contributed by atoms with van der Waals surface area (Å²) < 4.78 is 18.4. The van der Waals surface area contributed by atoms with E-state index in [0.29, 0.717) is 27.4 Å². The number of methoxy groups -OCH3 is 2. The predicted molar refractivity (Wildman–Crippen MR) is 126 cm³/mol. The van der Waals surface area contributed by atoms with Crippen LogP contribution in [0.25, 0.3) is 26.3 Å². The molecule has 0 spiro atoms. The van der Waals surface area contributed by atoms with Crippen LogP contribution in [0.15, 0.2) is 59.7 Å². The molecule has 0 fully saturated rings. The molecule has 0 bridgehead atoms. The van der Waals surface area contributed by atoms with Crippen LogP contribution >= 0.6 is 11.3 Å². The van der Waals surface area contributed by atoms with Gasteiger partial charge in [0.15, 0.2) is 11.5 Å². The van der Waals surface area contributed by atoms with E-state index < -0.39 is 5.60 Å². The lowest BCUT2D eigenvalue weighted by Gasteiger charge is -2.19. The molecule has 32 heavy (non-hydrogen) atoms. The fourth-order valence-corrected chi connectivity index (χ4v) is 4.22. The van der Waals surface area contributed by atoms with Crippen LogP contribution in [0.3, 0.4) is 0 Å². The summed E-state index contributed by atoms with van der Waals surface area (Å²) in [4.78, 5) is 18.7. The largest absolute Gasteiger partial charge is 0.497 e. The zero-order valence-electron chi connectivity index (χ0n) is 18.3. The standard InChI is InChI=1S/C24H24N2O5S/c1-24(2,28)13-31-19-10-7-16(11-20(19)30-4)26-14-25-18-12-21(32-22(18)23(26)27)15-5-8-17(29-3)9-6-15/h5-12,14,28H,13H2,1-4H3. The molecule has 2 aromatic heterocycles. The molecule has 0 atom stereocenters. The third kappa shape index (κ3) is 4.46. The molecule has 4 aromatic rings. The number of aliphatic hydroxyl groups is 1. The van der Waals surface area contributed by atoms with Crippen LogP contribution in [0.5, 0.6) is 17.2 Å². The summed E-state index contributed by atoms with van der Waals surface area (Å²) in [6.45, 7) is 3.44. The lowest BCUT2D eigenvalue weighted by atomic mass is 10.2. The van der Waals surface area contributed by atoms with Gasteiger partial charge in [-0.3, -0.25) is 9.36 Å². The third-order valence-corrected chi connectivity index (χ3v) is 5.98. The maximum atomic E-state index is 13.2. The molecule has 4 rings (SSSR count). The molecule has 0 radical (unpaired) electrons. The lowest BCUT2D eigenvalue weighted by molar-refractivity contribution is 0.0276. The summed E-state index contributed by atoms with van der Waals surface area (Å²) in [5.74, 6) is 1.72. The van der Waals surface area contributed by atoms with Crippen LogP contribution < -0.4 is 19.8 Å². The number of ether oxygens (including phenoxy) is 3. The van der Waals surface area contributed by atoms with Gasteiger partial charge in [-0.05, 0) is 61.9 Å². The monoisotopic (exact) mass is 452 g/mol. The Bertz CT molecular complexity index is 1300. The first-order valence-electron chi connectivity index (χ1n) is 9.98. The Morgan fingerprint density at radius 3 is 2.44 bits per heavy atom. The molecule has 0 saturated heterocycles. The van der Waals surface area contributed by atoms with Crippen molar-refractivity contribution in [1.82, 2.24) is 9.55 Å². The zero-order chi connectivity index (χ0) is 22.9. The van der Waals surface area contributed by atoms with Gasteiger partial charge in [0.1, 0.15) is 23.4 Å². The van der Waals surface area contributed by atoms with E-state index in [1.165, 1.54) is 29.3 Å². The number of thiophene rings is 1. The van der Waals surface area contributed by atoms with Crippen molar-refractivity contribution in [3.63, 3.8) is 0 Å². The van der Waals surface area contributed by atoms with Gasteiger partial charge in [0.2, 0.25) is 0 Å². The van der Waals surface area contributed by atoms with Crippen molar-refractivity contribution in [1.29, 1.82) is 0 Å². The molecule has 7 nitrogen and oxygen atoms in total. The topological polar surface area (TPSA) is 82.8 Å². The van der Waals surface area contributed by atoms with Crippen molar-refractivity contribution in [2.24, 2.45) is 0 Å². The SMILES string of the molecule is COc1ccc(-c2cc3ncn(-c4ccc(OCC(C)(C)O)c(OC)c4)c(=O)c3s2)cc1. The van der Waals surface area contributed by atoms with E-state index in [2.05, 4.69) is 4.98 Å². The number of nitrogens with zero attached hydrogens (tertiary/aromatic N) is 2. The molecule has 0 amide bonds. The van der Waals surface area contributed by atoms with Gasteiger partial charge in [-0.1, -0.05) is 0 Å². The van der Waals surface area contributed by atoms with Gasteiger partial charge in [-0.15, -0.1) is 11.3 Å². The number of rotatable bonds is 7. The first-order valence-corrected chi connectivity index (χ1v) is 10.8. The van der Waals surface area contributed by atoms with Crippen molar-refractivity contribution in [2.75, 3.05) is 20.8 Å². The summed E-state index contributed by atoms with van der Waals surface area (Å²) in [5.41, 5.74) is 1.12. The smallest absolute Gasteiger partial charge is 0.275 e. The average molecular weight is 453 g/mol. The van der Waals surface area contributed by atoms with Gasteiger partial charge in [0, 0.05) is 10.9 Å². The number of hydrogen-bond donors (Lipinski definition) is 1. The molecule has 0 aliphatic carbocycles. The van der Waals surface area contributed by atoms with Crippen molar-refractivity contribution in [3.8, 4) is 33.4 Å². The average Bonchev–Trinajstić information content (AvgIpc) is 3.23. The van der Waals surface area contributed by atoms with E-state index in [0.717, 1.165) is 16.2 Å². The highest BCUT2D eigenvalue weighted by Crippen LogP contribution is 2.33. The van der Waals surface area contributed by atoms with Crippen LogP contribution in [0.4, 0.5) is 0 Å². The van der Waals surface area contributed by atoms with Crippen molar-refractivity contribution < 1.29 is 19.3 Å². The van der Waals surface area contributed by atoms with Crippen LogP contribution in [0, 0.1) is 0 Å². The Morgan fingerprint density at radius 2 is 1.78 bits per heavy atom. The molecule has 8 heteroatoms. The summed E-state index contributed by atoms with van der Waals surface area (Å²) in [7, 11) is 3.16. The maximum Gasteiger partial charge on any atom is 0.275 e. The number of fused-ring (bicyclic) bond motifs is 1. The number of hydrogen-bond acceptors (Lipinski definition) is 7. The minimum absolute atomic E-state index is 0.111. The zero-order valence-corrected chi connectivity index (χ0v) is 19.1. The predicted octanol–water partition coefficient (Wildman–Crippen LogP) is 4.28. The Morgan fingerprint density at radius 1 is 1.03 bits per heavy atom. The Labute approximate surface area is 189 Å². The number of aromatic nitrogens is 2. The van der Waals surface area contributed by atoms with Gasteiger partial charge in [-0.2, -0.15) is 0 Å². The second-order valence-corrected chi connectivity index (χ2v) is 8.96. The lowest BCUT2D eigenvalue weighted by Crippen LogP contribution is -2.28. The van der Waals surface area contributed by atoms with Gasteiger partial charge < -0.3 is 19.3 Å². The Kier molecular flexibility index (Phi) is 5.90. The van der Waals surface area contributed by atoms with E-state index in [-0.39, 0.29) is 12.2 Å². The van der Waals surface area contributed by atoms with Crippen LogP contribution in [0.2, 0.25) is 0 Å². The van der Waals surface area contributed by atoms with E-state index in [1.807, 2.05) is 30.3 Å². The maximum absolute atomic E-state index is 13.2. The fourth-order valence-electron chi connectivity index (χ4n) is 3.17. The molecule has 0 saturated carbocycles. The highest BCUT2D eigenvalue weighted by molar-refractivity contribution is 7.22. The molecular weight excluding hydrogens is 428 g/mol. The highest BCUT2D eigenvalue weighted by atomic mass is 32.1. The summed E-state index contributed by atoms with van der Waals surface area (Å²) >= 11 is 1.40. The first kappa shape index (κ1) is 21.9. The summed E-state index contributed by atoms with van der Waals surface area (Å²) in [5, 5.41) is 9.90. The van der Waals surface area contributed by atoms with Crippen molar-refractivity contribution in [3.05, 3.63) is 65.2 Å². The van der Waals surface area contributed by atoms with Crippen molar-refractivity contribution in [2.45, 2.75) is 19.4 Å². The molecule has 2 aromatic carbocycles. The van der Waals surface area contributed by atoms with E-state index in [1.54, 1.807) is 39.2 Å². The van der Waals surface area contributed by atoms with Gasteiger partial charge in [0.25, 0.3) is 5.56 Å². The van der Waals surface area contributed by atoms with E-state index in [4.69, 9.17) is 14.2 Å². The minimum Gasteiger partial charge on any atom is -0.497 e. The normalized spacial score (nSPS) is 11.5. The highest BCUT2D eigenvalue weighted by Gasteiger charge is 2.17. The molecule has 166 valence electrons. The van der Waals surface area contributed by atoms with Crippen molar-refractivity contribution >= 4 is 21.6 Å². The quantitative estimate of drug-likeness (QED) is 0.451. The Balaban J connectivity index is 1.70. The van der Waals surface area contributed by atoms with E-state index >= 15 is 0 Å². The molecule has 1 N–H and O–H groups in total. The molecule has 0 unspecified atom stereocenters. The first-order chi connectivity index (χ1) is 15.3. The molecular formula is C24H24N2O5S. The summed E-state index contributed by atoms with van der Waals surface area (Å²) in [6.07, 6.45) is 1.52. The minimum atomic E-state index is -0.976. The van der Waals surface area contributed by atoms with E-state index in [9.17, 15) is 9.90 Å². The molecule has 0 aliphatic rings. The third-order valence-electron chi connectivity index (χ3n) is 4.82. The number of benzene rings is 2. The second-order valence-electron chi connectivity index (χ2n) is 7.91. The summed E-state index contributed by atoms with van der Waals surface area (Å²) in [6, 6.07) is 14.8. The Hall–Kier alpha value is -3.36. The van der Waals surface area contributed by atoms with Gasteiger partial charge in [0.05, 0.1) is 31.0 Å². The second kappa shape index (κ2) is 8.64. The van der Waals surface area contributed by atoms with Gasteiger partial charge >= 0.3 is 0 Å². The van der Waals surface area contributed by atoms with Crippen LogP contribution in [-0.4, -0.2) is 41.1 Å². The molecule has 0 aliphatic heterocycles. The van der Waals surface area contributed by atoms with Crippen LogP contribution in [-0.2, 0) is 0 Å².